The van der Waals surface area contributed by atoms with Crippen molar-refractivity contribution < 1.29 is 14.3 Å². The van der Waals surface area contributed by atoms with Crippen LogP contribution < -0.4 is 15.8 Å². The Bertz CT molecular complexity index is 407. The number of esters is 1. The van der Waals surface area contributed by atoms with Gasteiger partial charge in [0.25, 0.3) is 0 Å². The summed E-state index contributed by atoms with van der Waals surface area (Å²) in [6.45, 7) is 6.35. The molecule has 1 aromatic rings. The third kappa shape index (κ3) is 4.16. The predicted octanol–water partition coefficient (Wildman–Crippen LogP) is 2.03. The minimum Gasteiger partial charge on any atom is -0.494 e. The van der Waals surface area contributed by atoms with Gasteiger partial charge in [-0.15, -0.1) is 0 Å². The Morgan fingerprint density at radius 3 is 2.67 bits per heavy atom. The molecule has 0 heterocycles. The highest BCUT2D eigenvalue weighted by Gasteiger charge is 2.13. The van der Waals surface area contributed by atoms with Crippen LogP contribution >= 0.6 is 0 Å². The SMILES string of the molecule is CCOC(=O)C(C)Nc1cc(N)cc(OCC)c1. The lowest BCUT2D eigenvalue weighted by Gasteiger charge is -2.15. The monoisotopic (exact) mass is 252 g/mol. The molecule has 0 spiro atoms. The van der Waals surface area contributed by atoms with Crippen LogP contribution in [-0.4, -0.2) is 25.2 Å². The molecule has 3 N–H and O–H groups in total. The average Bonchev–Trinajstić information content (AvgIpc) is 2.28. The van der Waals surface area contributed by atoms with E-state index in [2.05, 4.69) is 5.32 Å². The number of nitrogen functional groups attached to an aromatic ring is 1. The molecular weight excluding hydrogens is 232 g/mol. The molecule has 1 aromatic carbocycles. The number of hydrogen-bond donors (Lipinski definition) is 2. The van der Waals surface area contributed by atoms with E-state index in [9.17, 15) is 4.79 Å². The zero-order chi connectivity index (χ0) is 13.5. The molecule has 0 radical (unpaired) electrons. The van der Waals surface area contributed by atoms with Gasteiger partial charge in [0.15, 0.2) is 0 Å². The number of ether oxygens (including phenoxy) is 2. The van der Waals surface area contributed by atoms with E-state index >= 15 is 0 Å². The van der Waals surface area contributed by atoms with Crippen LogP contribution in [0.3, 0.4) is 0 Å². The van der Waals surface area contributed by atoms with Crippen LogP contribution in [0.15, 0.2) is 18.2 Å². The van der Waals surface area contributed by atoms with Crippen molar-refractivity contribution in [2.24, 2.45) is 0 Å². The van der Waals surface area contributed by atoms with E-state index in [1.807, 2.05) is 6.92 Å². The second-order valence-corrected chi connectivity index (χ2v) is 3.84. The highest BCUT2D eigenvalue weighted by atomic mass is 16.5. The summed E-state index contributed by atoms with van der Waals surface area (Å²) < 4.78 is 10.3. The molecule has 0 saturated heterocycles. The first-order valence-electron chi connectivity index (χ1n) is 6.03. The molecule has 0 aliphatic heterocycles. The molecule has 1 unspecified atom stereocenters. The van der Waals surface area contributed by atoms with E-state index in [0.29, 0.717) is 24.7 Å². The number of nitrogens with two attached hydrogens (primary N) is 1. The molecule has 5 nitrogen and oxygen atoms in total. The topological polar surface area (TPSA) is 73.6 Å². The standard InChI is InChI=1S/C13H20N2O3/c1-4-17-12-7-10(14)6-11(8-12)15-9(3)13(16)18-5-2/h6-9,15H,4-5,14H2,1-3H3. The van der Waals surface area contributed by atoms with E-state index in [0.717, 1.165) is 5.69 Å². The van der Waals surface area contributed by atoms with Crippen LogP contribution in [0, 0.1) is 0 Å². The molecule has 0 aliphatic carbocycles. The normalized spacial score (nSPS) is 11.7. The lowest BCUT2D eigenvalue weighted by atomic mass is 10.2. The minimum atomic E-state index is -0.429. The largest absolute Gasteiger partial charge is 0.494 e. The molecule has 0 saturated carbocycles. The molecule has 18 heavy (non-hydrogen) atoms. The van der Waals surface area contributed by atoms with Crippen molar-refractivity contribution in [3.8, 4) is 5.75 Å². The van der Waals surface area contributed by atoms with Crippen molar-refractivity contribution in [2.45, 2.75) is 26.8 Å². The Morgan fingerprint density at radius 2 is 2.06 bits per heavy atom. The molecule has 0 aliphatic rings. The lowest BCUT2D eigenvalue weighted by Crippen LogP contribution is -2.28. The maximum Gasteiger partial charge on any atom is 0.328 e. The fourth-order valence-electron chi connectivity index (χ4n) is 1.53. The Hall–Kier alpha value is -1.91. The summed E-state index contributed by atoms with van der Waals surface area (Å²) in [5.74, 6) is 0.383. The van der Waals surface area contributed by atoms with Gasteiger partial charge in [-0.05, 0) is 26.8 Å². The Balaban J connectivity index is 2.74. The van der Waals surface area contributed by atoms with E-state index < -0.39 is 6.04 Å². The maximum atomic E-state index is 11.5. The van der Waals surface area contributed by atoms with Gasteiger partial charge in [0, 0.05) is 23.5 Å². The number of hydrogen-bond acceptors (Lipinski definition) is 5. The van der Waals surface area contributed by atoms with Gasteiger partial charge < -0.3 is 20.5 Å². The minimum absolute atomic E-state index is 0.294. The van der Waals surface area contributed by atoms with Gasteiger partial charge in [-0.1, -0.05) is 0 Å². The molecular formula is C13H20N2O3. The Morgan fingerprint density at radius 1 is 1.33 bits per heavy atom. The Kier molecular flexibility index (Phi) is 5.30. The average molecular weight is 252 g/mol. The number of benzene rings is 1. The van der Waals surface area contributed by atoms with Crippen molar-refractivity contribution in [3.05, 3.63) is 18.2 Å². The molecule has 0 aromatic heterocycles. The van der Waals surface area contributed by atoms with Gasteiger partial charge in [-0.2, -0.15) is 0 Å². The van der Waals surface area contributed by atoms with Crippen molar-refractivity contribution in [3.63, 3.8) is 0 Å². The van der Waals surface area contributed by atoms with Crippen LogP contribution in [0.5, 0.6) is 5.75 Å². The fraction of sp³-hybridized carbons (Fsp3) is 0.462. The van der Waals surface area contributed by atoms with Gasteiger partial charge in [-0.3, -0.25) is 0 Å². The molecule has 5 heteroatoms. The van der Waals surface area contributed by atoms with Crippen molar-refractivity contribution in [1.29, 1.82) is 0 Å². The van der Waals surface area contributed by atoms with Crippen molar-refractivity contribution >= 4 is 17.3 Å². The molecule has 1 rings (SSSR count). The van der Waals surface area contributed by atoms with Gasteiger partial charge in [-0.25, -0.2) is 4.79 Å². The summed E-state index contributed by atoms with van der Waals surface area (Å²) in [6, 6.07) is 4.86. The summed E-state index contributed by atoms with van der Waals surface area (Å²) in [5.41, 5.74) is 7.08. The van der Waals surface area contributed by atoms with Crippen molar-refractivity contribution in [2.75, 3.05) is 24.3 Å². The lowest BCUT2D eigenvalue weighted by molar-refractivity contribution is -0.143. The predicted molar refractivity (Wildman–Crippen MR) is 71.7 cm³/mol. The number of nitrogens with one attached hydrogen (secondary N) is 1. The van der Waals surface area contributed by atoms with Crippen LogP contribution in [0.4, 0.5) is 11.4 Å². The second kappa shape index (κ2) is 6.74. The van der Waals surface area contributed by atoms with E-state index in [1.54, 1.807) is 32.0 Å². The van der Waals surface area contributed by atoms with Crippen LogP contribution in [0.1, 0.15) is 20.8 Å². The third-order valence-corrected chi connectivity index (χ3v) is 2.26. The number of carbonyl (C=O) groups excluding carboxylic acids is 1. The molecule has 1 atom stereocenters. The molecule has 100 valence electrons. The number of rotatable bonds is 6. The summed E-state index contributed by atoms with van der Waals surface area (Å²) >= 11 is 0. The quantitative estimate of drug-likeness (QED) is 0.598. The van der Waals surface area contributed by atoms with Crippen LogP contribution in [0.2, 0.25) is 0 Å². The molecule has 0 fully saturated rings. The summed E-state index contributed by atoms with van der Waals surface area (Å²) in [4.78, 5) is 11.5. The highest BCUT2D eigenvalue weighted by molar-refractivity contribution is 5.79. The Labute approximate surface area is 107 Å². The summed E-state index contributed by atoms with van der Waals surface area (Å²) in [7, 11) is 0. The number of anilines is 2. The molecule has 0 amide bonds. The van der Waals surface area contributed by atoms with Crippen LogP contribution in [0.25, 0.3) is 0 Å². The fourth-order valence-corrected chi connectivity index (χ4v) is 1.53. The zero-order valence-electron chi connectivity index (χ0n) is 11.0. The first kappa shape index (κ1) is 14.2. The number of carbonyl (C=O) groups is 1. The zero-order valence-corrected chi connectivity index (χ0v) is 11.0. The maximum absolute atomic E-state index is 11.5. The van der Waals surface area contributed by atoms with Gasteiger partial charge in [0.05, 0.1) is 13.2 Å². The van der Waals surface area contributed by atoms with Gasteiger partial charge >= 0.3 is 5.97 Å². The van der Waals surface area contributed by atoms with Crippen molar-refractivity contribution in [1.82, 2.24) is 0 Å². The van der Waals surface area contributed by atoms with E-state index in [1.165, 1.54) is 0 Å². The summed E-state index contributed by atoms with van der Waals surface area (Å²) in [5, 5.41) is 3.03. The van der Waals surface area contributed by atoms with Gasteiger partial charge in [0.2, 0.25) is 0 Å². The molecule has 0 bridgehead atoms. The highest BCUT2D eigenvalue weighted by Crippen LogP contribution is 2.23. The second-order valence-electron chi connectivity index (χ2n) is 3.84. The summed E-state index contributed by atoms with van der Waals surface area (Å²) in [6.07, 6.45) is 0. The third-order valence-electron chi connectivity index (χ3n) is 2.26. The van der Waals surface area contributed by atoms with E-state index in [-0.39, 0.29) is 5.97 Å². The first-order valence-corrected chi connectivity index (χ1v) is 6.03. The van der Waals surface area contributed by atoms with Gasteiger partial charge in [0.1, 0.15) is 11.8 Å². The van der Waals surface area contributed by atoms with Crippen LogP contribution in [-0.2, 0) is 9.53 Å². The first-order chi connectivity index (χ1) is 8.56. The smallest absolute Gasteiger partial charge is 0.328 e. The van der Waals surface area contributed by atoms with E-state index in [4.69, 9.17) is 15.2 Å².